The predicted molar refractivity (Wildman–Crippen MR) is 90.5 cm³/mol. The van der Waals surface area contributed by atoms with Crippen molar-refractivity contribution in [3.8, 4) is 0 Å². The fraction of sp³-hybridized carbons (Fsp3) is 0.312. The van der Waals surface area contributed by atoms with E-state index in [1.165, 1.54) is 0 Å². The van der Waals surface area contributed by atoms with Crippen LogP contribution in [0.2, 0.25) is 0 Å². The molecule has 0 aliphatic carbocycles. The molecule has 0 N–H and O–H groups in total. The largest absolute Gasteiger partial charge is 0.265 e. The highest BCUT2D eigenvalue weighted by Crippen LogP contribution is 2.07. The van der Waals surface area contributed by atoms with Gasteiger partial charge in [-0.05, 0) is 32.1 Å². The Bertz CT molecular complexity index is 493. The van der Waals surface area contributed by atoms with Crippen molar-refractivity contribution < 1.29 is 4.92 Å². The van der Waals surface area contributed by atoms with Crippen molar-refractivity contribution in [2.75, 3.05) is 7.05 Å². The molecule has 21 heavy (non-hydrogen) atoms. The van der Waals surface area contributed by atoms with E-state index in [0.717, 1.165) is 18.4 Å². The van der Waals surface area contributed by atoms with Crippen LogP contribution in [0.4, 0.5) is 0 Å². The molecule has 0 atom stereocenters. The molecule has 0 bridgehead atoms. The second kappa shape index (κ2) is 14.0. The summed E-state index contributed by atoms with van der Waals surface area (Å²) in [5, 5.41) is 13.2. The Hall–Kier alpha value is -2.43. The summed E-state index contributed by atoms with van der Waals surface area (Å²) in [5.74, 6) is 0. The molecule has 0 aliphatic heterocycles. The van der Waals surface area contributed by atoms with Crippen molar-refractivity contribution in [1.29, 1.82) is 0 Å². The Morgan fingerprint density at radius 2 is 2.00 bits per heavy atom. The maximum absolute atomic E-state index is 8.81. The monoisotopic (exact) mass is 291 g/mol. The van der Waals surface area contributed by atoms with E-state index in [-0.39, 0.29) is 0 Å². The average Bonchev–Trinajstić information content (AvgIpc) is 2.90. The van der Waals surface area contributed by atoms with Crippen molar-refractivity contribution in [1.82, 2.24) is 9.78 Å². The Labute approximate surface area is 127 Å². The van der Waals surface area contributed by atoms with Gasteiger partial charge in [-0.1, -0.05) is 44.7 Å². The van der Waals surface area contributed by atoms with Gasteiger partial charge in [0.2, 0.25) is 0 Å². The third-order valence-corrected chi connectivity index (χ3v) is 1.91. The molecule has 0 saturated carbocycles. The molecule has 1 heterocycles. The van der Waals surface area contributed by atoms with Gasteiger partial charge in [0, 0.05) is 11.1 Å². The number of nitro groups is 1. The van der Waals surface area contributed by atoms with E-state index < -0.39 is 4.92 Å². The second-order valence-electron chi connectivity index (χ2n) is 3.43. The molecule has 116 valence electrons. The summed E-state index contributed by atoms with van der Waals surface area (Å²) in [6, 6.07) is 1.98. The van der Waals surface area contributed by atoms with E-state index in [1.807, 2.05) is 75.0 Å². The van der Waals surface area contributed by atoms with Crippen LogP contribution >= 0.6 is 0 Å². The number of rotatable bonds is 4. The molecule has 0 amide bonds. The van der Waals surface area contributed by atoms with Gasteiger partial charge in [0.15, 0.2) is 7.05 Å². The van der Waals surface area contributed by atoms with Gasteiger partial charge in [-0.25, -0.2) is 4.68 Å². The molecule has 0 fully saturated rings. The minimum absolute atomic E-state index is 0.500. The van der Waals surface area contributed by atoms with Crippen molar-refractivity contribution in [2.45, 2.75) is 27.7 Å². The van der Waals surface area contributed by atoms with Crippen LogP contribution in [0.3, 0.4) is 0 Å². The van der Waals surface area contributed by atoms with Crippen LogP contribution in [0.15, 0.2) is 49.2 Å². The quantitative estimate of drug-likeness (QED) is 0.468. The van der Waals surface area contributed by atoms with E-state index in [0.29, 0.717) is 0 Å². The van der Waals surface area contributed by atoms with Crippen molar-refractivity contribution in [2.24, 2.45) is 0 Å². The molecule has 0 aliphatic rings. The van der Waals surface area contributed by atoms with Gasteiger partial charge in [-0.2, -0.15) is 5.10 Å². The molecule has 0 aromatic carbocycles. The van der Waals surface area contributed by atoms with E-state index >= 15 is 0 Å². The summed E-state index contributed by atoms with van der Waals surface area (Å²) in [5.41, 5.74) is 1.99. The number of allylic oxidation sites excluding steroid dienone is 6. The molecule has 1 rings (SSSR count). The van der Waals surface area contributed by atoms with Crippen LogP contribution in [0.5, 0.6) is 0 Å². The molecule has 0 radical (unpaired) electrons. The summed E-state index contributed by atoms with van der Waals surface area (Å²) >= 11 is 0. The van der Waals surface area contributed by atoms with Gasteiger partial charge in [-0.15, -0.1) is 0 Å². The van der Waals surface area contributed by atoms with Crippen LogP contribution in [0.25, 0.3) is 11.8 Å². The smallest absolute Gasteiger partial charge is 0.194 e. The fourth-order valence-corrected chi connectivity index (χ4v) is 1.21. The van der Waals surface area contributed by atoms with Crippen LogP contribution in [0, 0.1) is 10.1 Å². The molecule has 1 aromatic rings. The van der Waals surface area contributed by atoms with Gasteiger partial charge >= 0.3 is 0 Å². The first-order chi connectivity index (χ1) is 10.0. The van der Waals surface area contributed by atoms with E-state index in [1.54, 1.807) is 6.08 Å². The number of aromatic nitrogens is 2. The minimum Gasteiger partial charge on any atom is -0.265 e. The Morgan fingerprint density at radius 1 is 1.43 bits per heavy atom. The molecular weight excluding hydrogens is 266 g/mol. The lowest BCUT2D eigenvalue weighted by Crippen LogP contribution is -1.94. The standard InChI is InChI=1S/C13H16N2.C2H6.CH3NO2/c1-4-7-9-13(6-3)15-11-10-12(14-15)8-5-2;1-2;1-2(3)4/h4-11H,1H2,2-3H3;1-2H3;1H3/b8-5+,9-7-,13-6+;;. The van der Waals surface area contributed by atoms with Crippen molar-refractivity contribution in [3.63, 3.8) is 0 Å². The van der Waals surface area contributed by atoms with Crippen molar-refractivity contribution >= 4 is 11.8 Å². The Balaban J connectivity index is 0. The fourth-order valence-electron chi connectivity index (χ4n) is 1.21. The van der Waals surface area contributed by atoms with E-state index in [9.17, 15) is 0 Å². The third-order valence-electron chi connectivity index (χ3n) is 1.91. The molecule has 5 nitrogen and oxygen atoms in total. The highest BCUT2D eigenvalue weighted by molar-refractivity contribution is 5.57. The summed E-state index contributed by atoms with van der Waals surface area (Å²) in [6.07, 6.45) is 13.5. The highest BCUT2D eigenvalue weighted by atomic mass is 16.6. The van der Waals surface area contributed by atoms with Crippen LogP contribution in [-0.4, -0.2) is 21.8 Å². The molecule has 1 aromatic heterocycles. The average molecular weight is 291 g/mol. The third kappa shape index (κ3) is 11.1. The highest BCUT2D eigenvalue weighted by Gasteiger charge is 1.97. The zero-order valence-electron chi connectivity index (χ0n) is 13.5. The number of hydrogen-bond donors (Lipinski definition) is 0. The molecule has 0 unspecified atom stereocenters. The maximum Gasteiger partial charge on any atom is 0.194 e. The normalized spacial score (nSPS) is 10.6. The summed E-state index contributed by atoms with van der Waals surface area (Å²) < 4.78 is 1.84. The summed E-state index contributed by atoms with van der Waals surface area (Å²) in [7, 11) is 0.889. The molecule has 0 saturated heterocycles. The Morgan fingerprint density at radius 3 is 2.43 bits per heavy atom. The maximum atomic E-state index is 8.81. The topological polar surface area (TPSA) is 61.0 Å². The van der Waals surface area contributed by atoms with Crippen LogP contribution in [0.1, 0.15) is 33.4 Å². The lowest BCUT2D eigenvalue weighted by Gasteiger charge is -1.99. The van der Waals surface area contributed by atoms with Gasteiger partial charge in [-0.3, -0.25) is 10.1 Å². The lowest BCUT2D eigenvalue weighted by atomic mass is 10.3. The first kappa shape index (κ1) is 20.9. The molecular formula is C16H25N3O2. The molecule has 5 heteroatoms. The van der Waals surface area contributed by atoms with Crippen LogP contribution in [-0.2, 0) is 0 Å². The number of nitrogens with zero attached hydrogens (tertiary/aromatic N) is 3. The van der Waals surface area contributed by atoms with Crippen molar-refractivity contribution in [3.05, 3.63) is 65.0 Å². The van der Waals surface area contributed by atoms with Gasteiger partial charge < -0.3 is 0 Å². The van der Waals surface area contributed by atoms with Gasteiger partial charge in [0.25, 0.3) is 0 Å². The SMILES string of the molecule is C=C/C=C\C(=C/C)n1ccc(/C=C/C)n1.CC.C[N+](=O)[O-]. The first-order valence-electron chi connectivity index (χ1n) is 6.77. The van der Waals surface area contributed by atoms with Gasteiger partial charge in [0.1, 0.15) is 0 Å². The lowest BCUT2D eigenvalue weighted by molar-refractivity contribution is -0.445. The first-order valence-corrected chi connectivity index (χ1v) is 6.77. The predicted octanol–water partition coefficient (Wildman–Crippen LogP) is 4.44. The van der Waals surface area contributed by atoms with Crippen LogP contribution < -0.4 is 0 Å². The second-order valence-corrected chi connectivity index (χ2v) is 3.43. The number of hydrogen-bond acceptors (Lipinski definition) is 3. The summed E-state index contributed by atoms with van der Waals surface area (Å²) in [6.45, 7) is 11.6. The van der Waals surface area contributed by atoms with Gasteiger partial charge in [0.05, 0.1) is 11.4 Å². The van der Waals surface area contributed by atoms with E-state index in [4.69, 9.17) is 10.1 Å². The zero-order valence-corrected chi connectivity index (χ0v) is 13.5. The van der Waals surface area contributed by atoms with E-state index in [2.05, 4.69) is 11.7 Å². The summed E-state index contributed by atoms with van der Waals surface area (Å²) in [4.78, 5) is 8.31. The minimum atomic E-state index is -0.500. The Kier molecular flexibility index (Phi) is 13.9. The zero-order chi connectivity index (χ0) is 16.7. The molecule has 0 spiro atoms.